The molecule has 1 aromatic carbocycles. The summed E-state index contributed by atoms with van der Waals surface area (Å²) < 4.78 is 39.4. The number of nitrogens with one attached hydrogen (secondary N) is 1. The van der Waals surface area contributed by atoms with Crippen molar-refractivity contribution in [2.75, 3.05) is 4.72 Å². The van der Waals surface area contributed by atoms with Crippen molar-refractivity contribution in [3.05, 3.63) is 40.1 Å². The number of carbonyl (C=O) groups excluding carboxylic acids is 1. The van der Waals surface area contributed by atoms with E-state index in [0.717, 1.165) is 29.5 Å². The Hall–Kier alpha value is -1.51. The molecule has 2 aromatic rings. The van der Waals surface area contributed by atoms with Gasteiger partial charge in [0.05, 0.1) is 5.02 Å². The van der Waals surface area contributed by atoms with Gasteiger partial charge in [-0.1, -0.05) is 11.6 Å². The lowest BCUT2D eigenvalue weighted by Crippen LogP contribution is -2.13. The molecule has 0 bridgehead atoms. The number of nitrogens with zero attached hydrogens (tertiary/aromatic N) is 1. The molecule has 0 atom stereocenters. The number of hydrogen-bond donors (Lipinski definition) is 1. The molecule has 106 valence electrons. The van der Waals surface area contributed by atoms with Crippen LogP contribution < -0.4 is 4.72 Å². The Balaban J connectivity index is 2.35. The average molecular weight is 335 g/mol. The van der Waals surface area contributed by atoms with Crippen LogP contribution in [-0.2, 0) is 10.0 Å². The van der Waals surface area contributed by atoms with Crippen molar-refractivity contribution in [2.45, 2.75) is 11.8 Å². The minimum atomic E-state index is -4.06. The Kier molecular flexibility index (Phi) is 4.07. The molecule has 0 unspecified atom stereocenters. The summed E-state index contributed by atoms with van der Waals surface area (Å²) in [4.78, 5) is 14.5. The van der Waals surface area contributed by atoms with Crippen molar-refractivity contribution in [2.24, 2.45) is 0 Å². The molecule has 20 heavy (non-hydrogen) atoms. The summed E-state index contributed by atoms with van der Waals surface area (Å²) in [6.45, 7) is 1.32. The lowest BCUT2D eigenvalue weighted by molar-refractivity contribution is 0.101. The van der Waals surface area contributed by atoms with Crippen LogP contribution in [0.2, 0.25) is 5.02 Å². The maximum Gasteiger partial charge on any atom is 0.265 e. The van der Waals surface area contributed by atoms with Crippen LogP contribution in [0.5, 0.6) is 0 Å². The van der Waals surface area contributed by atoms with Crippen LogP contribution in [0.25, 0.3) is 0 Å². The maximum absolute atomic E-state index is 13.1. The number of thiazole rings is 1. The molecule has 0 aliphatic rings. The number of hydrogen-bond acceptors (Lipinski definition) is 5. The van der Waals surface area contributed by atoms with E-state index >= 15 is 0 Å². The van der Waals surface area contributed by atoms with Gasteiger partial charge in [-0.25, -0.2) is 17.8 Å². The van der Waals surface area contributed by atoms with Gasteiger partial charge in [-0.15, -0.1) is 11.3 Å². The standard InChI is InChI=1S/C11H8ClFN2O3S2/c1-6(16)9-5-19-11(14-9)15-20(17,18)10-4-7(13)2-3-8(10)12/h2-5H,1H3,(H,14,15). The number of ketones is 1. The van der Waals surface area contributed by atoms with Crippen molar-refractivity contribution in [3.8, 4) is 0 Å². The molecular formula is C11H8ClFN2O3S2. The first kappa shape index (κ1) is 14.9. The monoisotopic (exact) mass is 334 g/mol. The van der Waals surface area contributed by atoms with Gasteiger partial charge >= 0.3 is 0 Å². The highest BCUT2D eigenvalue weighted by atomic mass is 35.5. The molecule has 1 heterocycles. The molecule has 0 saturated carbocycles. The second kappa shape index (κ2) is 5.47. The average Bonchev–Trinajstić information content (AvgIpc) is 2.80. The Bertz CT molecular complexity index is 774. The quantitative estimate of drug-likeness (QED) is 0.872. The number of rotatable bonds is 4. The van der Waals surface area contributed by atoms with Crippen molar-refractivity contribution in [1.82, 2.24) is 4.98 Å². The van der Waals surface area contributed by atoms with E-state index in [9.17, 15) is 17.6 Å². The van der Waals surface area contributed by atoms with Gasteiger partial charge in [-0.05, 0) is 18.2 Å². The van der Waals surface area contributed by atoms with Crippen LogP contribution in [0.1, 0.15) is 17.4 Å². The van der Waals surface area contributed by atoms with Crippen molar-refractivity contribution >= 4 is 43.9 Å². The predicted octanol–water partition coefficient (Wildman–Crippen LogP) is 2.94. The zero-order valence-corrected chi connectivity index (χ0v) is 12.4. The van der Waals surface area contributed by atoms with Crippen molar-refractivity contribution in [3.63, 3.8) is 0 Å². The zero-order chi connectivity index (χ0) is 14.9. The number of sulfonamides is 1. The highest BCUT2D eigenvalue weighted by molar-refractivity contribution is 7.93. The number of anilines is 1. The summed E-state index contributed by atoms with van der Waals surface area (Å²) >= 11 is 6.70. The normalized spacial score (nSPS) is 11.3. The SMILES string of the molecule is CC(=O)c1csc(NS(=O)(=O)c2cc(F)ccc2Cl)n1. The number of carbonyl (C=O) groups is 1. The molecule has 0 amide bonds. The first-order chi connectivity index (χ1) is 9.29. The summed E-state index contributed by atoms with van der Waals surface area (Å²) in [6.07, 6.45) is 0. The third-order valence-electron chi connectivity index (χ3n) is 2.27. The Morgan fingerprint density at radius 1 is 1.45 bits per heavy atom. The predicted molar refractivity (Wildman–Crippen MR) is 74.3 cm³/mol. The molecule has 0 spiro atoms. The van der Waals surface area contributed by atoms with Crippen LogP contribution in [0.4, 0.5) is 9.52 Å². The summed E-state index contributed by atoms with van der Waals surface area (Å²) in [7, 11) is -4.06. The lowest BCUT2D eigenvalue weighted by atomic mass is 10.3. The van der Waals surface area contributed by atoms with E-state index in [0.29, 0.717) is 0 Å². The van der Waals surface area contributed by atoms with Gasteiger partial charge in [0.1, 0.15) is 16.4 Å². The molecule has 1 aromatic heterocycles. The van der Waals surface area contributed by atoms with Gasteiger partial charge in [0.25, 0.3) is 10.0 Å². The smallest absolute Gasteiger partial charge is 0.265 e. The molecule has 9 heteroatoms. The lowest BCUT2D eigenvalue weighted by Gasteiger charge is -2.06. The maximum atomic E-state index is 13.1. The second-order valence-electron chi connectivity index (χ2n) is 3.77. The Morgan fingerprint density at radius 3 is 2.75 bits per heavy atom. The van der Waals surface area contributed by atoms with Gasteiger partial charge in [-0.2, -0.15) is 0 Å². The van der Waals surface area contributed by atoms with E-state index in [1.165, 1.54) is 12.3 Å². The Morgan fingerprint density at radius 2 is 2.15 bits per heavy atom. The molecule has 1 N–H and O–H groups in total. The van der Waals surface area contributed by atoms with E-state index in [1.807, 2.05) is 0 Å². The fourth-order valence-electron chi connectivity index (χ4n) is 1.34. The van der Waals surface area contributed by atoms with Crippen LogP contribution in [0.15, 0.2) is 28.5 Å². The fourth-order valence-corrected chi connectivity index (χ4v) is 3.85. The molecule has 2 rings (SSSR count). The second-order valence-corrected chi connectivity index (χ2v) is 6.69. The zero-order valence-electron chi connectivity index (χ0n) is 10.1. The van der Waals surface area contributed by atoms with Crippen LogP contribution >= 0.6 is 22.9 Å². The summed E-state index contributed by atoms with van der Waals surface area (Å²) in [5, 5.41) is 1.32. The van der Waals surface area contributed by atoms with E-state index in [-0.39, 0.29) is 21.6 Å². The Labute approximate surface area is 123 Å². The third-order valence-corrected chi connectivity index (χ3v) is 4.98. The largest absolute Gasteiger partial charge is 0.293 e. The van der Waals surface area contributed by atoms with Crippen molar-refractivity contribution < 1.29 is 17.6 Å². The number of aromatic nitrogens is 1. The molecule has 0 saturated heterocycles. The molecule has 0 aliphatic heterocycles. The first-order valence-electron chi connectivity index (χ1n) is 5.24. The summed E-state index contributed by atoms with van der Waals surface area (Å²) in [6, 6.07) is 3.01. The first-order valence-corrected chi connectivity index (χ1v) is 7.98. The van der Waals surface area contributed by atoms with Gasteiger partial charge in [0.15, 0.2) is 10.9 Å². The van der Waals surface area contributed by atoms with E-state index < -0.39 is 20.7 Å². The number of Topliss-reactive ketones (excluding diaryl/α,β-unsaturated/α-hetero) is 1. The van der Waals surface area contributed by atoms with Crippen molar-refractivity contribution in [1.29, 1.82) is 0 Å². The van der Waals surface area contributed by atoms with Gasteiger partial charge in [0.2, 0.25) is 0 Å². The van der Waals surface area contributed by atoms with Crippen LogP contribution in [-0.4, -0.2) is 19.2 Å². The highest BCUT2D eigenvalue weighted by Crippen LogP contribution is 2.26. The third kappa shape index (κ3) is 3.14. The summed E-state index contributed by atoms with van der Waals surface area (Å²) in [5.41, 5.74) is 0.151. The number of benzene rings is 1. The fraction of sp³-hybridized carbons (Fsp3) is 0.0909. The minimum absolute atomic E-state index is 0.00975. The molecule has 0 fully saturated rings. The van der Waals surface area contributed by atoms with Gasteiger partial charge < -0.3 is 0 Å². The number of halogens is 2. The van der Waals surface area contributed by atoms with Crippen LogP contribution in [0, 0.1) is 5.82 Å². The molecule has 0 radical (unpaired) electrons. The van der Waals surface area contributed by atoms with E-state index in [4.69, 9.17) is 11.6 Å². The molecule has 5 nitrogen and oxygen atoms in total. The van der Waals surface area contributed by atoms with Crippen LogP contribution in [0.3, 0.4) is 0 Å². The van der Waals surface area contributed by atoms with Gasteiger partial charge in [-0.3, -0.25) is 9.52 Å². The minimum Gasteiger partial charge on any atom is -0.293 e. The van der Waals surface area contributed by atoms with E-state index in [2.05, 4.69) is 9.71 Å². The molecule has 0 aliphatic carbocycles. The molecular weight excluding hydrogens is 327 g/mol. The van der Waals surface area contributed by atoms with Gasteiger partial charge in [0, 0.05) is 12.3 Å². The topological polar surface area (TPSA) is 76.1 Å². The van der Waals surface area contributed by atoms with E-state index in [1.54, 1.807) is 0 Å². The summed E-state index contributed by atoms with van der Waals surface area (Å²) in [5.74, 6) is -1.01. The highest BCUT2D eigenvalue weighted by Gasteiger charge is 2.20.